The highest BCUT2D eigenvalue weighted by atomic mass is 16.5. The minimum absolute atomic E-state index is 0.0763. The highest BCUT2D eigenvalue weighted by molar-refractivity contribution is 5.95. The Hall–Kier alpha value is -3.56. The first-order chi connectivity index (χ1) is 20.7. The van der Waals surface area contributed by atoms with E-state index in [1.165, 1.54) is 11.7 Å². The number of hydrogen-bond donors (Lipinski definition) is 3. The van der Waals surface area contributed by atoms with Crippen molar-refractivity contribution < 1.29 is 23.9 Å². The highest BCUT2D eigenvalue weighted by Gasteiger charge is 2.35. The van der Waals surface area contributed by atoms with Crippen LogP contribution in [0.3, 0.4) is 0 Å². The monoisotopic (exact) mass is 611 g/mol. The maximum atomic E-state index is 14.0. The lowest BCUT2D eigenvalue weighted by Crippen LogP contribution is -2.59. The van der Waals surface area contributed by atoms with Gasteiger partial charge in [-0.15, -0.1) is 0 Å². The molecular formula is C34H53N5O5. The molecule has 1 aromatic carbocycles. The Kier molecular flexibility index (Phi) is 12.3. The Bertz CT molecular complexity index is 1290. The van der Waals surface area contributed by atoms with Crippen molar-refractivity contribution in [3.05, 3.63) is 36.0 Å². The summed E-state index contributed by atoms with van der Waals surface area (Å²) in [6, 6.07) is 5.43. The highest BCUT2D eigenvalue weighted by Crippen LogP contribution is 2.26. The summed E-state index contributed by atoms with van der Waals surface area (Å²) >= 11 is 0. The lowest BCUT2D eigenvalue weighted by atomic mass is 9.87. The van der Waals surface area contributed by atoms with Crippen molar-refractivity contribution in [1.29, 1.82) is 0 Å². The van der Waals surface area contributed by atoms with Crippen molar-refractivity contribution >= 4 is 34.8 Å². The molecule has 2 heterocycles. The average Bonchev–Trinajstić information content (AvgIpc) is 3.32. The number of benzene rings is 1. The predicted octanol–water partition coefficient (Wildman–Crippen LogP) is 5.76. The van der Waals surface area contributed by atoms with Gasteiger partial charge in [0.15, 0.2) is 0 Å². The molecule has 5 unspecified atom stereocenters. The number of rotatable bonds is 11. The van der Waals surface area contributed by atoms with Crippen LogP contribution in [0, 0.1) is 5.41 Å². The third-order valence-corrected chi connectivity index (χ3v) is 8.46. The van der Waals surface area contributed by atoms with Gasteiger partial charge in [0.2, 0.25) is 11.8 Å². The lowest BCUT2D eigenvalue weighted by Gasteiger charge is -2.40. The van der Waals surface area contributed by atoms with Crippen molar-refractivity contribution in [3.63, 3.8) is 0 Å². The van der Waals surface area contributed by atoms with Crippen LogP contribution >= 0.6 is 0 Å². The second-order valence-corrected chi connectivity index (χ2v) is 13.6. The molecular weight excluding hydrogens is 558 g/mol. The predicted molar refractivity (Wildman–Crippen MR) is 174 cm³/mol. The fourth-order valence-electron chi connectivity index (χ4n) is 6.16. The van der Waals surface area contributed by atoms with Gasteiger partial charge in [0.1, 0.15) is 12.1 Å². The number of ether oxygens (including phenoxy) is 1. The zero-order valence-electron chi connectivity index (χ0n) is 27.9. The normalized spacial score (nSPS) is 19.1. The molecule has 0 bridgehead atoms. The third-order valence-electron chi connectivity index (χ3n) is 8.46. The molecule has 44 heavy (non-hydrogen) atoms. The number of amides is 4. The first-order valence-electron chi connectivity index (χ1n) is 16.1. The van der Waals surface area contributed by atoms with Gasteiger partial charge in [-0.2, -0.15) is 0 Å². The number of fused-ring (bicyclic) bond motifs is 1. The van der Waals surface area contributed by atoms with Crippen molar-refractivity contribution in [1.82, 2.24) is 25.4 Å². The Balaban J connectivity index is 1.92. The van der Waals surface area contributed by atoms with Gasteiger partial charge in [-0.05, 0) is 69.9 Å². The number of carbonyl (C=O) groups excluding carboxylic acids is 4. The molecule has 3 rings (SSSR count). The number of para-hydroxylation sites is 1. The van der Waals surface area contributed by atoms with Gasteiger partial charge in [-0.1, -0.05) is 58.7 Å². The Morgan fingerprint density at radius 1 is 0.977 bits per heavy atom. The molecule has 1 fully saturated rings. The van der Waals surface area contributed by atoms with Gasteiger partial charge in [0, 0.05) is 36.1 Å². The molecule has 1 aliphatic heterocycles. The van der Waals surface area contributed by atoms with E-state index >= 15 is 0 Å². The van der Waals surface area contributed by atoms with Gasteiger partial charge in [0.05, 0.1) is 12.6 Å². The molecule has 0 saturated carbocycles. The van der Waals surface area contributed by atoms with E-state index in [0.717, 1.165) is 49.5 Å². The van der Waals surface area contributed by atoms with Crippen molar-refractivity contribution in [2.75, 3.05) is 7.11 Å². The Morgan fingerprint density at radius 2 is 1.61 bits per heavy atom. The summed E-state index contributed by atoms with van der Waals surface area (Å²) in [6.07, 6.45) is 7.38. The van der Waals surface area contributed by atoms with Gasteiger partial charge in [-0.3, -0.25) is 14.2 Å². The van der Waals surface area contributed by atoms with Crippen LogP contribution in [0.1, 0.15) is 99.0 Å². The number of aromatic nitrogens is 1. The van der Waals surface area contributed by atoms with Crippen LogP contribution in [0.4, 0.5) is 9.59 Å². The molecule has 3 N–H and O–H groups in total. The third kappa shape index (κ3) is 9.22. The molecule has 10 heteroatoms. The fraction of sp³-hybridized carbons (Fsp3) is 0.647. The second kappa shape index (κ2) is 15.4. The maximum absolute atomic E-state index is 14.0. The number of likely N-dealkylation sites (tertiary alicyclic amines) is 1. The van der Waals surface area contributed by atoms with E-state index in [0.29, 0.717) is 11.9 Å². The van der Waals surface area contributed by atoms with Crippen LogP contribution in [0.15, 0.2) is 30.5 Å². The number of piperidine rings is 1. The van der Waals surface area contributed by atoms with Gasteiger partial charge in [0.25, 0.3) is 0 Å². The zero-order chi connectivity index (χ0) is 32.6. The summed E-state index contributed by atoms with van der Waals surface area (Å²) in [4.78, 5) is 55.6. The smallest absolute Gasteiger partial charge is 0.418 e. The molecule has 5 atom stereocenters. The quantitative estimate of drug-likeness (QED) is 0.299. The lowest BCUT2D eigenvalue weighted by molar-refractivity contribution is -0.130. The van der Waals surface area contributed by atoms with Crippen molar-refractivity contribution in [2.24, 2.45) is 5.41 Å². The average molecular weight is 612 g/mol. The summed E-state index contributed by atoms with van der Waals surface area (Å²) in [5.41, 5.74) is 1.10. The largest absolute Gasteiger partial charge is 0.452 e. The van der Waals surface area contributed by atoms with E-state index in [2.05, 4.69) is 22.9 Å². The maximum Gasteiger partial charge on any atom is 0.418 e. The first-order valence-corrected chi connectivity index (χ1v) is 16.1. The van der Waals surface area contributed by atoms with Crippen LogP contribution in [-0.2, 0) is 20.7 Å². The van der Waals surface area contributed by atoms with Crippen LogP contribution in [0.5, 0.6) is 0 Å². The van der Waals surface area contributed by atoms with Gasteiger partial charge < -0.3 is 25.6 Å². The van der Waals surface area contributed by atoms with E-state index < -0.39 is 24.1 Å². The molecule has 0 aliphatic carbocycles. The van der Waals surface area contributed by atoms with E-state index in [1.807, 2.05) is 70.7 Å². The topological polar surface area (TPSA) is 122 Å². The van der Waals surface area contributed by atoms with Gasteiger partial charge >= 0.3 is 12.1 Å². The molecule has 1 aromatic heterocycles. The number of unbranched alkanes of at least 4 members (excludes halogenated alkanes) is 1. The molecule has 1 aliphatic rings. The number of urea groups is 1. The van der Waals surface area contributed by atoms with Gasteiger partial charge in [-0.25, -0.2) is 9.59 Å². The molecule has 4 amide bonds. The number of nitrogens with zero attached hydrogens (tertiary/aromatic N) is 2. The molecule has 2 aromatic rings. The summed E-state index contributed by atoms with van der Waals surface area (Å²) in [6.45, 7) is 14.2. The molecule has 1 saturated heterocycles. The minimum atomic E-state index is -0.935. The SMILES string of the molecule is CCCCC(C)NC(=O)C(Cc1cn(C(=O)OC)c2ccccc12)NC(=O)C(CC(C)(C)C)NC(=O)N1C(C)CCCC1C. The zero-order valence-corrected chi connectivity index (χ0v) is 27.9. The van der Waals surface area contributed by atoms with E-state index in [4.69, 9.17) is 4.74 Å². The molecule has 244 valence electrons. The van der Waals surface area contributed by atoms with Crippen LogP contribution < -0.4 is 16.0 Å². The summed E-state index contributed by atoms with van der Waals surface area (Å²) in [5.74, 6) is -0.723. The van der Waals surface area contributed by atoms with Crippen LogP contribution in [0.25, 0.3) is 10.9 Å². The Morgan fingerprint density at radius 3 is 2.23 bits per heavy atom. The molecule has 0 radical (unpaired) electrons. The molecule has 10 nitrogen and oxygen atoms in total. The van der Waals surface area contributed by atoms with Crippen LogP contribution in [0.2, 0.25) is 0 Å². The summed E-state index contributed by atoms with van der Waals surface area (Å²) in [5, 5.41) is 9.86. The fourth-order valence-corrected chi connectivity index (χ4v) is 6.16. The van der Waals surface area contributed by atoms with E-state index in [-0.39, 0.29) is 41.9 Å². The minimum Gasteiger partial charge on any atom is -0.452 e. The number of hydrogen-bond acceptors (Lipinski definition) is 5. The first kappa shape index (κ1) is 34.9. The van der Waals surface area contributed by atoms with E-state index in [1.54, 1.807) is 6.20 Å². The number of methoxy groups -OCH3 is 1. The van der Waals surface area contributed by atoms with Crippen molar-refractivity contribution in [3.8, 4) is 0 Å². The molecule has 0 spiro atoms. The Labute approximate surface area is 262 Å². The standard InChI is InChI=1S/C34H53N5O5/c1-9-10-14-22(2)35-30(40)27(19-25-21-38(33(43)44-8)29-18-12-11-17-26(25)29)36-31(41)28(20-34(5,6)7)37-32(42)39-23(3)15-13-16-24(39)4/h11-12,17-18,21-24,27-28H,9-10,13-16,19-20H2,1-8H3,(H,35,40)(H,36,41)(H,37,42). The summed E-state index contributed by atoms with van der Waals surface area (Å²) < 4.78 is 6.39. The van der Waals surface area contributed by atoms with Crippen molar-refractivity contribution in [2.45, 2.75) is 130 Å². The number of carbonyl (C=O) groups is 4. The van der Waals surface area contributed by atoms with E-state index in [9.17, 15) is 19.2 Å². The number of nitrogens with one attached hydrogen (secondary N) is 3. The second-order valence-electron chi connectivity index (χ2n) is 13.6. The van der Waals surface area contributed by atoms with Crippen LogP contribution in [-0.4, -0.2) is 70.7 Å². The summed E-state index contributed by atoms with van der Waals surface area (Å²) in [7, 11) is 1.32.